The maximum absolute atomic E-state index is 10.2. The summed E-state index contributed by atoms with van der Waals surface area (Å²) in [6, 6.07) is 6.30. The maximum Gasteiger partial charge on any atom is 0.142 e. The molecule has 1 aromatic rings. The molecule has 0 aromatic heterocycles. The van der Waals surface area contributed by atoms with Gasteiger partial charge in [-0.05, 0) is 30.0 Å². The van der Waals surface area contributed by atoms with Gasteiger partial charge in [-0.2, -0.15) is 0 Å². The van der Waals surface area contributed by atoms with Crippen LogP contribution in [0, 0.1) is 6.92 Å². The summed E-state index contributed by atoms with van der Waals surface area (Å²) in [6.45, 7) is 6.40. The molecule has 1 rings (SSSR count). The zero-order chi connectivity index (χ0) is 10.6. The number of allylic oxidation sites excluding steroid dienone is 1. The molecule has 0 heterocycles. The van der Waals surface area contributed by atoms with Crippen molar-refractivity contribution in [3.8, 4) is 0 Å². The topological polar surface area (TPSA) is 17.1 Å². The van der Waals surface area contributed by atoms with Gasteiger partial charge in [0.25, 0.3) is 0 Å². The van der Waals surface area contributed by atoms with Crippen molar-refractivity contribution in [1.29, 1.82) is 0 Å². The van der Waals surface area contributed by atoms with Crippen LogP contribution in [-0.2, 0) is 4.79 Å². The molecule has 0 aliphatic rings. The average Bonchev–Trinajstić information content (AvgIpc) is 2.15. The minimum Gasteiger partial charge on any atom is -0.299 e. The van der Waals surface area contributed by atoms with Crippen LogP contribution < -0.4 is 0 Å². The molecule has 14 heavy (non-hydrogen) atoms. The van der Waals surface area contributed by atoms with Gasteiger partial charge < -0.3 is 0 Å². The number of carbonyl (C=O) groups excluding carboxylic acids is 1. The van der Waals surface area contributed by atoms with E-state index in [0.717, 1.165) is 11.8 Å². The Balaban J connectivity index is 3.14. The summed E-state index contributed by atoms with van der Waals surface area (Å²) in [5, 5.41) is 0. The second kappa shape index (κ2) is 4.75. The van der Waals surface area contributed by atoms with Crippen LogP contribution in [0.4, 0.5) is 0 Å². The first-order valence-corrected chi connectivity index (χ1v) is 4.87. The minimum atomic E-state index is 0.487. The number of rotatable bonds is 3. The zero-order valence-electron chi connectivity index (χ0n) is 8.95. The van der Waals surface area contributed by atoms with Gasteiger partial charge in [0.2, 0.25) is 0 Å². The molecule has 0 amide bonds. The zero-order valence-corrected chi connectivity index (χ0v) is 8.95. The van der Waals surface area contributed by atoms with Crippen LogP contribution in [-0.4, -0.2) is 6.29 Å². The van der Waals surface area contributed by atoms with E-state index in [0.29, 0.717) is 5.92 Å². The fourth-order valence-electron chi connectivity index (χ4n) is 1.49. The van der Waals surface area contributed by atoms with Crippen LogP contribution >= 0.6 is 0 Å². The molecule has 1 nitrogen and oxygen atoms in total. The monoisotopic (exact) mass is 188 g/mol. The lowest BCUT2D eigenvalue weighted by molar-refractivity contribution is -0.104. The number of aryl methyl sites for hydroxylation is 1. The predicted octanol–water partition coefficient (Wildman–Crippen LogP) is 3.33. The van der Waals surface area contributed by atoms with E-state index in [4.69, 9.17) is 0 Å². The second-order valence-corrected chi connectivity index (χ2v) is 3.78. The number of hydrogen-bond acceptors (Lipinski definition) is 1. The summed E-state index contributed by atoms with van der Waals surface area (Å²) in [5.74, 6) is 0.487. The van der Waals surface area contributed by atoms with E-state index in [1.807, 2.05) is 6.08 Å². The van der Waals surface area contributed by atoms with Gasteiger partial charge >= 0.3 is 0 Å². The Bertz CT molecular complexity index is 348. The van der Waals surface area contributed by atoms with Gasteiger partial charge in [0.1, 0.15) is 6.29 Å². The highest BCUT2D eigenvalue weighted by atomic mass is 16.1. The molecule has 0 unspecified atom stereocenters. The molecular weight excluding hydrogens is 172 g/mol. The highest BCUT2D eigenvalue weighted by molar-refractivity contribution is 5.74. The molecule has 0 radical (unpaired) electrons. The van der Waals surface area contributed by atoms with Crippen molar-refractivity contribution in [3.63, 3.8) is 0 Å². The van der Waals surface area contributed by atoms with Crippen molar-refractivity contribution in [2.24, 2.45) is 0 Å². The molecule has 0 atom stereocenters. The number of aldehydes is 1. The Morgan fingerprint density at radius 2 is 2.00 bits per heavy atom. The van der Waals surface area contributed by atoms with Gasteiger partial charge in [-0.3, -0.25) is 4.79 Å². The van der Waals surface area contributed by atoms with E-state index < -0.39 is 0 Å². The Labute approximate surface area is 85.5 Å². The van der Waals surface area contributed by atoms with Crippen molar-refractivity contribution in [1.82, 2.24) is 0 Å². The summed E-state index contributed by atoms with van der Waals surface area (Å²) in [5.41, 5.74) is 3.69. The van der Waals surface area contributed by atoms with Gasteiger partial charge in [-0.25, -0.2) is 0 Å². The molecule has 0 spiro atoms. The van der Waals surface area contributed by atoms with Crippen LogP contribution in [0.5, 0.6) is 0 Å². The van der Waals surface area contributed by atoms with Gasteiger partial charge in [-0.1, -0.05) is 43.7 Å². The molecular formula is C13H16O. The van der Waals surface area contributed by atoms with Crippen molar-refractivity contribution in [2.75, 3.05) is 0 Å². The van der Waals surface area contributed by atoms with Gasteiger partial charge in [-0.15, -0.1) is 0 Å². The SMILES string of the molecule is Cc1ccc(/C=C/C=O)c(C(C)C)c1. The second-order valence-electron chi connectivity index (χ2n) is 3.78. The van der Waals surface area contributed by atoms with Crippen LogP contribution in [0.25, 0.3) is 6.08 Å². The van der Waals surface area contributed by atoms with Gasteiger partial charge in [0.15, 0.2) is 0 Å². The highest BCUT2D eigenvalue weighted by Crippen LogP contribution is 2.21. The van der Waals surface area contributed by atoms with E-state index in [9.17, 15) is 4.79 Å². The quantitative estimate of drug-likeness (QED) is 0.525. The summed E-state index contributed by atoms with van der Waals surface area (Å²) >= 11 is 0. The van der Waals surface area contributed by atoms with E-state index in [1.54, 1.807) is 0 Å². The maximum atomic E-state index is 10.2. The fraction of sp³-hybridized carbons (Fsp3) is 0.308. The van der Waals surface area contributed by atoms with Crippen LogP contribution in [0.15, 0.2) is 24.3 Å². The average molecular weight is 188 g/mol. The van der Waals surface area contributed by atoms with Crippen molar-refractivity contribution in [2.45, 2.75) is 26.7 Å². The van der Waals surface area contributed by atoms with Crippen LogP contribution in [0.3, 0.4) is 0 Å². The first-order chi connectivity index (χ1) is 6.65. The Hall–Kier alpha value is -1.37. The normalized spacial score (nSPS) is 11.1. The summed E-state index contributed by atoms with van der Waals surface area (Å²) < 4.78 is 0. The Morgan fingerprint density at radius 1 is 1.29 bits per heavy atom. The molecule has 0 aliphatic heterocycles. The minimum absolute atomic E-state index is 0.487. The third kappa shape index (κ3) is 2.56. The third-order valence-electron chi connectivity index (χ3n) is 2.22. The molecule has 0 aliphatic carbocycles. The Morgan fingerprint density at radius 3 is 2.57 bits per heavy atom. The summed E-state index contributed by atoms with van der Waals surface area (Å²) in [7, 11) is 0. The van der Waals surface area contributed by atoms with Crippen molar-refractivity contribution in [3.05, 3.63) is 41.0 Å². The lowest BCUT2D eigenvalue weighted by Gasteiger charge is -2.10. The molecule has 1 heteroatoms. The molecule has 0 N–H and O–H groups in total. The summed E-state index contributed by atoms with van der Waals surface area (Å²) in [6.07, 6.45) is 4.21. The molecule has 74 valence electrons. The van der Waals surface area contributed by atoms with Crippen molar-refractivity contribution >= 4 is 12.4 Å². The van der Waals surface area contributed by atoms with E-state index >= 15 is 0 Å². The van der Waals surface area contributed by atoms with Gasteiger partial charge in [0, 0.05) is 0 Å². The largest absolute Gasteiger partial charge is 0.299 e. The standard InChI is InChI=1S/C13H16O/c1-10(2)13-9-11(3)6-7-12(13)5-4-8-14/h4-10H,1-3H3/b5-4+. The molecule has 1 aromatic carbocycles. The van der Waals surface area contributed by atoms with Crippen LogP contribution in [0.1, 0.15) is 36.5 Å². The van der Waals surface area contributed by atoms with E-state index in [1.165, 1.54) is 17.2 Å². The predicted molar refractivity (Wildman–Crippen MR) is 60.4 cm³/mol. The third-order valence-corrected chi connectivity index (χ3v) is 2.22. The molecule has 0 saturated heterocycles. The smallest absolute Gasteiger partial charge is 0.142 e. The van der Waals surface area contributed by atoms with Crippen molar-refractivity contribution < 1.29 is 4.79 Å². The first-order valence-electron chi connectivity index (χ1n) is 4.87. The number of benzene rings is 1. The molecule has 0 bridgehead atoms. The number of hydrogen-bond donors (Lipinski definition) is 0. The fourth-order valence-corrected chi connectivity index (χ4v) is 1.49. The number of carbonyl (C=O) groups is 1. The van der Waals surface area contributed by atoms with E-state index in [2.05, 4.69) is 39.0 Å². The van der Waals surface area contributed by atoms with E-state index in [-0.39, 0.29) is 0 Å². The van der Waals surface area contributed by atoms with Crippen LogP contribution in [0.2, 0.25) is 0 Å². The van der Waals surface area contributed by atoms with Gasteiger partial charge in [0.05, 0.1) is 0 Å². The Kier molecular flexibility index (Phi) is 3.63. The first kappa shape index (κ1) is 10.7. The molecule has 0 fully saturated rings. The molecule has 0 saturated carbocycles. The lowest BCUT2D eigenvalue weighted by Crippen LogP contribution is -1.92. The summed E-state index contributed by atoms with van der Waals surface area (Å²) in [4.78, 5) is 10.2. The lowest BCUT2D eigenvalue weighted by atomic mass is 9.95. The highest BCUT2D eigenvalue weighted by Gasteiger charge is 2.03.